The third kappa shape index (κ3) is 4.79. The maximum atomic E-state index is 13.3. The van der Waals surface area contributed by atoms with Gasteiger partial charge in [0.25, 0.3) is 5.91 Å². The summed E-state index contributed by atoms with van der Waals surface area (Å²) >= 11 is 0. The highest BCUT2D eigenvalue weighted by molar-refractivity contribution is 5.99. The summed E-state index contributed by atoms with van der Waals surface area (Å²) < 4.78 is 23.5. The van der Waals surface area contributed by atoms with Crippen LogP contribution < -0.4 is 10.6 Å². The second-order valence-corrected chi connectivity index (χ2v) is 6.53. The molecule has 8 heteroatoms. The summed E-state index contributed by atoms with van der Waals surface area (Å²) in [5.74, 6) is -2.23. The number of nitrogens with one attached hydrogen (secondary N) is 2. The van der Waals surface area contributed by atoms with Crippen LogP contribution >= 0.6 is 0 Å². The third-order valence-electron chi connectivity index (χ3n) is 3.16. The number of halogens is 1. The fourth-order valence-corrected chi connectivity index (χ4v) is 2.12. The summed E-state index contributed by atoms with van der Waals surface area (Å²) in [4.78, 5) is 35.2. The molecule has 0 radical (unpaired) electrons. The Morgan fingerprint density at radius 1 is 1.24 bits per heavy atom. The molecular formula is C17H19FN2O5. The lowest BCUT2D eigenvalue weighted by molar-refractivity contribution is -0.123. The number of amides is 3. The van der Waals surface area contributed by atoms with Crippen LogP contribution in [0.5, 0.6) is 0 Å². The first-order chi connectivity index (χ1) is 11.6. The zero-order chi connectivity index (χ0) is 18.8. The molecule has 25 heavy (non-hydrogen) atoms. The number of hydrogen-bond acceptors (Lipinski definition) is 5. The number of carbonyl (C=O) groups is 3. The van der Waals surface area contributed by atoms with Crippen molar-refractivity contribution in [3.63, 3.8) is 0 Å². The van der Waals surface area contributed by atoms with Gasteiger partial charge in [0, 0.05) is 16.5 Å². The summed E-state index contributed by atoms with van der Waals surface area (Å²) in [5.41, 5.74) is 0.229. The first-order valence-electron chi connectivity index (χ1n) is 7.54. The van der Waals surface area contributed by atoms with Gasteiger partial charge in [-0.1, -0.05) is 0 Å². The highest BCUT2D eigenvalue weighted by atomic mass is 19.1. The van der Waals surface area contributed by atoms with E-state index in [0.29, 0.717) is 16.5 Å². The third-order valence-corrected chi connectivity index (χ3v) is 3.16. The van der Waals surface area contributed by atoms with Crippen molar-refractivity contribution in [1.29, 1.82) is 0 Å². The molecule has 1 heterocycles. The topological polar surface area (TPSA) is 97.6 Å². The molecule has 0 atom stereocenters. The van der Waals surface area contributed by atoms with Crippen molar-refractivity contribution in [1.82, 2.24) is 10.6 Å². The molecule has 0 bridgehead atoms. The number of benzene rings is 1. The second-order valence-electron chi connectivity index (χ2n) is 6.53. The van der Waals surface area contributed by atoms with Crippen molar-refractivity contribution in [3.8, 4) is 0 Å². The molecule has 3 amide bonds. The monoisotopic (exact) mass is 350 g/mol. The van der Waals surface area contributed by atoms with E-state index in [4.69, 9.17) is 9.15 Å². The average Bonchev–Trinajstić information content (AvgIpc) is 2.80. The molecule has 134 valence electrons. The van der Waals surface area contributed by atoms with E-state index in [-0.39, 0.29) is 5.76 Å². The molecule has 1 aromatic carbocycles. The number of ether oxygens (including phenoxy) is 1. The predicted molar refractivity (Wildman–Crippen MR) is 87.6 cm³/mol. The van der Waals surface area contributed by atoms with Gasteiger partial charge in [0.15, 0.2) is 6.61 Å². The first kappa shape index (κ1) is 18.4. The SMILES string of the molecule is Cc1c(C(=O)OCC(=O)NC(=O)NC(C)(C)C)oc2ccc(F)cc12. The van der Waals surface area contributed by atoms with Gasteiger partial charge in [-0.05, 0) is 45.9 Å². The first-order valence-corrected chi connectivity index (χ1v) is 7.54. The number of aryl methyl sites for hydroxylation is 1. The molecule has 0 unspecified atom stereocenters. The van der Waals surface area contributed by atoms with Gasteiger partial charge >= 0.3 is 12.0 Å². The van der Waals surface area contributed by atoms with Gasteiger partial charge in [0.2, 0.25) is 5.76 Å². The Balaban J connectivity index is 1.97. The zero-order valence-corrected chi connectivity index (χ0v) is 14.4. The Labute approximate surface area is 143 Å². The predicted octanol–water partition coefficient (Wildman–Crippen LogP) is 2.66. The van der Waals surface area contributed by atoms with E-state index in [1.807, 2.05) is 5.32 Å². The summed E-state index contributed by atoms with van der Waals surface area (Å²) in [6.45, 7) is 6.19. The number of rotatable bonds is 3. The number of fused-ring (bicyclic) bond motifs is 1. The summed E-state index contributed by atoms with van der Waals surface area (Å²) in [5, 5.41) is 5.03. The normalized spacial score (nSPS) is 11.2. The van der Waals surface area contributed by atoms with Crippen molar-refractivity contribution < 1.29 is 27.9 Å². The van der Waals surface area contributed by atoms with Crippen LogP contribution in [-0.4, -0.2) is 30.1 Å². The molecule has 0 spiro atoms. The van der Waals surface area contributed by atoms with Crippen molar-refractivity contribution in [2.75, 3.05) is 6.61 Å². The molecular weight excluding hydrogens is 331 g/mol. The lowest BCUT2D eigenvalue weighted by Crippen LogP contribution is -2.49. The Kier molecular flexibility index (Phi) is 5.10. The molecule has 7 nitrogen and oxygen atoms in total. The molecule has 0 fully saturated rings. The molecule has 2 aromatic rings. The van der Waals surface area contributed by atoms with Crippen LogP contribution in [0.2, 0.25) is 0 Å². The number of hydrogen-bond donors (Lipinski definition) is 2. The van der Waals surface area contributed by atoms with E-state index >= 15 is 0 Å². The number of carbonyl (C=O) groups excluding carboxylic acids is 3. The van der Waals surface area contributed by atoms with Crippen molar-refractivity contribution in [3.05, 3.63) is 35.3 Å². The van der Waals surface area contributed by atoms with Gasteiger partial charge in [-0.3, -0.25) is 10.1 Å². The largest absolute Gasteiger partial charge is 0.450 e. The van der Waals surface area contributed by atoms with E-state index < -0.39 is 35.9 Å². The van der Waals surface area contributed by atoms with Gasteiger partial charge in [-0.15, -0.1) is 0 Å². The number of imide groups is 1. The lowest BCUT2D eigenvalue weighted by atomic mass is 10.1. The number of furan rings is 1. The summed E-state index contributed by atoms with van der Waals surface area (Å²) in [7, 11) is 0. The van der Waals surface area contributed by atoms with Crippen LogP contribution in [0.4, 0.5) is 9.18 Å². The summed E-state index contributed by atoms with van der Waals surface area (Å²) in [6.07, 6.45) is 0. The van der Waals surface area contributed by atoms with Crippen LogP contribution in [0.15, 0.2) is 22.6 Å². The standard InChI is InChI=1S/C17H19FN2O5/c1-9-11-7-10(18)5-6-12(11)25-14(9)15(22)24-8-13(21)19-16(23)20-17(2,3)4/h5-7H,8H2,1-4H3,(H2,19,20,21,23). The van der Waals surface area contributed by atoms with Gasteiger partial charge in [0.1, 0.15) is 11.4 Å². The van der Waals surface area contributed by atoms with Crippen LogP contribution in [0.25, 0.3) is 11.0 Å². The Morgan fingerprint density at radius 2 is 1.92 bits per heavy atom. The van der Waals surface area contributed by atoms with Crippen LogP contribution in [-0.2, 0) is 9.53 Å². The van der Waals surface area contributed by atoms with Crippen LogP contribution in [0.1, 0.15) is 36.9 Å². The number of urea groups is 1. The van der Waals surface area contributed by atoms with Crippen molar-refractivity contribution in [2.45, 2.75) is 33.2 Å². The van der Waals surface area contributed by atoms with Gasteiger partial charge in [0.05, 0.1) is 0 Å². The Bertz CT molecular complexity index is 835. The van der Waals surface area contributed by atoms with Gasteiger partial charge in [-0.25, -0.2) is 14.0 Å². The zero-order valence-electron chi connectivity index (χ0n) is 14.4. The molecule has 0 aliphatic heterocycles. The molecule has 0 saturated carbocycles. The van der Waals surface area contributed by atoms with Crippen LogP contribution in [0, 0.1) is 12.7 Å². The van der Waals surface area contributed by atoms with E-state index in [0.717, 1.165) is 0 Å². The van der Waals surface area contributed by atoms with Crippen molar-refractivity contribution in [2.24, 2.45) is 0 Å². The Hall–Kier alpha value is -2.90. The van der Waals surface area contributed by atoms with E-state index in [2.05, 4.69) is 5.32 Å². The van der Waals surface area contributed by atoms with Gasteiger partial charge in [-0.2, -0.15) is 0 Å². The molecule has 1 aromatic heterocycles. The minimum absolute atomic E-state index is 0.118. The van der Waals surface area contributed by atoms with E-state index in [1.54, 1.807) is 27.7 Å². The smallest absolute Gasteiger partial charge is 0.375 e. The highest BCUT2D eigenvalue weighted by Crippen LogP contribution is 2.26. The van der Waals surface area contributed by atoms with Gasteiger partial charge < -0.3 is 14.5 Å². The Morgan fingerprint density at radius 3 is 2.56 bits per heavy atom. The fourth-order valence-electron chi connectivity index (χ4n) is 2.12. The van der Waals surface area contributed by atoms with Crippen LogP contribution in [0.3, 0.4) is 0 Å². The van der Waals surface area contributed by atoms with Crippen molar-refractivity contribution >= 4 is 28.9 Å². The second kappa shape index (κ2) is 6.92. The molecule has 0 saturated heterocycles. The lowest BCUT2D eigenvalue weighted by Gasteiger charge is -2.20. The number of esters is 1. The van der Waals surface area contributed by atoms with E-state index in [1.165, 1.54) is 18.2 Å². The molecule has 2 rings (SSSR count). The fraction of sp³-hybridized carbons (Fsp3) is 0.353. The minimum atomic E-state index is -0.875. The minimum Gasteiger partial charge on any atom is -0.450 e. The maximum Gasteiger partial charge on any atom is 0.375 e. The van der Waals surface area contributed by atoms with E-state index in [9.17, 15) is 18.8 Å². The molecule has 2 N–H and O–H groups in total. The summed E-state index contributed by atoms with van der Waals surface area (Å²) in [6, 6.07) is 3.16. The highest BCUT2D eigenvalue weighted by Gasteiger charge is 2.21. The quantitative estimate of drug-likeness (QED) is 0.830. The maximum absolute atomic E-state index is 13.3. The molecule has 0 aliphatic carbocycles. The molecule has 0 aliphatic rings. The average molecular weight is 350 g/mol.